The Morgan fingerprint density at radius 2 is 0.553 bits per heavy atom. The van der Waals surface area contributed by atoms with Crippen molar-refractivity contribution in [1.29, 1.82) is 0 Å². The first kappa shape index (κ1) is 36.5. The van der Waals surface area contributed by atoms with Gasteiger partial charge in [0, 0.05) is 21.8 Å². The minimum Gasteiger partial charge on any atom is -0.0619 e. The molecule has 0 saturated heterocycles. The zero-order valence-corrected chi connectivity index (χ0v) is 30.4. The first-order chi connectivity index (χ1) is 18.3. The van der Waals surface area contributed by atoms with Gasteiger partial charge in [-0.25, -0.2) is 0 Å². The summed E-state index contributed by atoms with van der Waals surface area (Å²) < 4.78 is 0. The van der Waals surface area contributed by atoms with Crippen molar-refractivity contribution in [1.82, 2.24) is 0 Å². The molecule has 3 heteroatoms. The van der Waals surface area contributed by atoms with Crippen LogP contribution in [0.15, 0.2) is 18.2 Å². The van der Waals surface area contributed by atoms with Crippen LogP contribution in [0.4, 0.5) is 0 Å². The summed E-state index contributed by atoms with van der Waals surface area (Å²) in [5, 5.41) is 0. The third-order valence-corrected chi connectivity index (χ3v) is 24.5. The fraction of sp³-hybridized carbons (Fsp3) is 0.829. The van der Waals surface area contributed by atoms with Crippen molar-refractivity contribution in [3.63, 3.8) is 0 Å². The maximum atomic E-state index is 2.75. The molecule has 0 heterocycles. The van der Waals surface area contributed by atoms with Crippen molar-refractivity contribution in [3.8, 4) is 0 Å². The van der Waals surface area contributed by atoms with Crippen LogP contribution >= 0.6 is 21.8 Å². The smallest absolute Gasteiger partial charge is 0.0619 e. The quantitative estimate of drug-likeness (QED) is 0.112. The average Bonchev–Trinajstić information content (AvgIpc) is 2.85. The van der Waals surface area contributed by atoms with Gasteiger partial charge >= 0.3 is 0 Å². The van der Waals surface area contributed by atoms with Gasteiger partial charge in [-0.1, -0.05) is 55.4 Å². The molecule has 0 N–H and O–H groups in total. The lowest BCUT2D eigenvalue weighted by Crippen LogP contribution is -2.13. The Morgan fingerprint density at radius 3 is 0.763 bits per heavy atom. The predicted molar refractivity (Wildman–Crippen MR) is 190 cm³/mol. The SMILES string of the molecule is CCC[P+](CC)(CCC)Cc1cc(C[P+](CCC)(CCC)CCC)cc(C[P+](CCC)(CCC)CCC)c1. The molecule has 0 fully saturated rings. The van der Waals surface area contributed by atoms with E-state index in [2.05, 4.69) is 80.5 Å². The van der Waals surface area contributed by atoms with Gasteiger partial charge in [-0.2, -0.15) is 0 Å². The molecule has 0 spiro atoms. The molecular weight excluding hydrogens is 513 g/mol. The van der Waals surface area contributed by atoms with E-state index >= 15 is 0 Å². The van der Waals surface area contributed by atoms with Crippen LogP contribution in [0, 0.1) is 0 Å². The average molecular weight is 584 g/mol. The molecule has 0 radical (unpaired) electrons. The Labute approximate surface area is 243 Å². The topological polar surface area (TPSA) is 0 Å². The van der Waals surface area contributed by atoms with E-state index < -0.39 is 21.8 Å². The van der Waals surface area contributed by atoms with Crippen LogP contribution in [0.25, 0.3) is 0 Å². The Kier molecular flexibility index (Phi) is 18.8. The Hall–Kier alpha value is 0.510. The maximum Gasteiger partial charge on any atom is 0.0843 e. The van der Waals surface area contributed by atoms with Gasteiger partial charge in [-0.3, -0.25) is 0 Å². The maximum absolute atomic E-state index is 2.75. The van der Waals surface area contributed by atoms with E-state index in [-0.39, 0.29) is 0 Å². The molecule has 1 rings (SSSR count). The molecule has 0 atom stereocenters. The van der Waals surface area contributed by atoms with Crippen molar-refractivity contribution in [2.45, 2.75) is 132 Å². The van der Waals surface area contributed by atoms with Gasteiger partial charge in [0.1, 0.15) is 0 Å². The highest BCUT2D eigenvalue weighted by molar-refractivity contribution is 7.75. The molecule has 222 valence electrons. The second-order valence-electron chi connectivity index (χ2n) is 12.8. The van der Waals surface area contributed by atoms with Crippen LogP contribution in [0.2, 0.25) is 0 Å². The van der Waals surface area contributed by atoms with E-state index in [4.69, 9.17) is 0 Å². The molecular formula is C35H70P3+3. The highest BCUT2D eigenvalue weighted by Crippen LogP contribution is 2.66. The van der Waals surface area contributed by atoms with Gasteiger partial charge in [-0.05, 0) is 93.2 Å². The van der Waals surface area contributed by atoms with E-state index in [9.17, 15) is 0 Å². The first-order valence-corrected chi connectivity index (χ1v) is 24.5. The zero-order chi connectivity index (χ0) is 28.5. The molecule has 38 heavy (non-hydrogen) atoms. The standard InChI is InChI=1S/C35H70P3/c1-10-19-36(18-9,20-11-2)30-33-27-34(31-37(21-12-3,22-13-4)23-14-5)29-35(28-33)32-38(24-15-6,25-16-7)26-17-8/h27-29H,10-26,30-32H2,1-9H3/q+3. The van der Waals surface area contributed by atoms with Crippen molar-refractivity contribution in [2.75, 3.05) is 55.5 Å². The van der Waals surface area contributed by atoms with E-state index in [1.54, 1.807) is 16.7 Å². The third kappa shape index (κ3) is 11.8. The predicted octanol–water partition coefficient (Wildman–Crippen LogP) is 12.5. The normalized spacial score (nSPS) is 12.9. The molecule has 0 aliphatic carbocycles. The van der Waals surface area contributed by atoms with Crippen LogP contribution in [0.1, 0.15) is 130 Å². The minimum absolute atomic E-state index is 0.899. The fourth-order valence-electron chi connectivity index (χ4n) is 7.91. The molecule has 0 unspecified atom stereocenters. The number of rotatable bonds is 23. The lowest BCUT2D eigenvalue weighted by molar-refractivity contribution is 0.978. The number of benzene rings is 1. The highest BCUT2D eigenvalue weighted by Gasteiger charge is 2.38. The molecule has 0 aliphatic heterocycles. The van der Waals surface area contributed by atoms with Crippen molar-refractivity contribution < 1.29 is 0 Å². The second-order valence-corrected chi connectivity index (χ2v) is 26.0. The summed E-state index contributed by atoms with van der Waals surface area (Å²) in [7, 11) is -2.72. The molecule has 0 saturated carbocycles. The summed E-state index contributed by atoms with van der Waals surface area (Å²) in [6.07, 6.45) is 28.7. The Bertz CT molecular complexity index is 654. The monoisotopic (exact) mass is 583 g/mol. The molecule has 1 aromatic rings. The van der Waals surface area contributed by atoms with E-state index in [0.717, 1.165) is 0 Å². The van der Waals surface area contributed by atoms with Crippen LogP contribution in [0.5, 0.6) is 0 Å². The summed E-state index contributed by atoms with van der Waals surface area (Å²) in [5.74, 6) is 0. The van der Waals surface area contributed by atoms with Gasteiger partial charge < -0.3 is 0 Å². The van der Waals surface area contributed by atoms with Crippen molar-refractivity contribution >= 4 is 21.8 Å². The molecule has 0 nitrogen and oxygen atoms in total. The fourth-order valence-corrected chi connectivity index (χ4v) is 22.1. The van der Waals surface area contributed by atoms with Gasteiger partial charge in [-0.15, -0.1) is 0 Å². The van der Waals surface area contributed by atoms with E-state index in [1.807, 2.05) is 0 Å². The third-order valence-electron chi connectivity index (χ3n) is 8.92. The molecule has 1 aromatic carbocycles. The zero-order valence-electron chi connectivity index (χ0n) is 27.7. The highest BCUT2D eigenvalue weighted by atomic mass is 31.2. The summed E-state index contributed by atoms with van der Waals surface area (Å²) in [4.78, 5) is 0. The van der Waals surface area contributed by atoms with Gasteiger partial charge in [0.15, 0.2) is 0 Å². The van der Waals surface area contributed by atoms with Crippen LogP contribution in [-0.4, -0.2) is 55.5 Å². The van der Waals surface area contributed by atoms with E-state index in [1.165, 1.54) is 125 Å². The van der Waals surface area contributed by atoms with Crippen LogP contribution in [-0.2, 0) is 18.5 Å². The molecule has 0 aromatic heterocycles. The minimum atomic E-state index is -0.912. The summed E-state index contributed by atoms with van der Waals surface area (Å²) >= 11 is 0. The molecule has 0 amide bonds. The van der Waals surface area contributed by atoms with Gasteiger partial charge in [0.2, 0.25) is 0 Å². The second kappa shape index (κ2) is 19.6. The largest absolute Gasteiger partial charge is 0.0843 e. The number of hydrogen-bond donors (Lipinski definition) is 0. The van der Waals surface area contributed by atoms with Crippen LogP contribution < -0.4 is 0 Å². The lowest BCUT2D eigenvalue weighted by atomic mass is 10.1. The van der Waals surface area contributed by atoms with Crippen molar-refractivity contribution in [3.05, 3.63) is 34.9 Å². The summed E-state index contributed by atoms with van der Waals surface area (Å²) in [5.41, 5.74) is 5.22. The lowest BCUT2D eigenvalue weighted by Gasteiger charge is -2.30. The Balaban J connectivity index is 3.64. The van der Waals surface area contributed by atoms with Gasteiger partial charge in [0.05, 0.1) is 73.9 Å². The summed E-state index contributed by atoms with van der Waals surface area (Å²) in [6.45, 7) is 22.0. The first-order valence-electron chi connectivity index (χ1n) is 17.0. The van der Waals surface area contributed by atoms with E-state index in [0.29, 0.717) is 0 Å². The number of hydrogen-bond acceptors (Lipinski definition) is 0. The Morgan fingerprint density at radius 1 is 0.342 bits per heavy atom. The molecule has 0 bridgehead atoms. The van der Waals surface area contributed by atoms with Gasteiger partial charge in [0.25, 0.3) is 0 Å². The van der Waals surface area contributed by atoms with Crippen LogP contribution in [0.3, 0.4) is 0 Å². The summed E-state index contributed by atoms with van der Waals surface area (Å²) in [6, 6.07) is 8.24. The molecule has 0 aliphatic rings. The van der Waals surface area contributed by atoms with Crippen molar-refractivity contribution in [2.24, 2.45) is 0 Å².